The molecule has 1 aliphatic heterocycles. The zero-order chi connectivity index (χ0) is 18.1. The highest BCUT2D eigenvalue weighted by Gasteiger charge is 2.34. The molecule has 0 atom stereocenters. The van der Waals surface area contributed by atoms with Crippen LogP contribution in [0.2, 0.25) is 0 Å². The molecule has 0 aromatic carbocycles. The van der Waals surface area contributed by atoms with Crippen molar-refractivity contribution in [1.29, 1.82) is 0 Å². The fourth-order valence-electron chi connectivity index (χ4n) is 2.59. The number of anilines is 1. The van der Waals surface area contributed by atoms with Crippen LogP contribution in [0.25, 0.3) is 11.7 Å². The molecule has 3 heterocycles. The number of hydrogen-bond donors (Lipinski definition) is 1. The molecule has 25 heavy (non-hydrogen) atoms. The van der Waals surface area contributed by atoms with Crippen LogP contribution in [-0.4, -0.2) is 37.1 Å². The van der Waals surface area contributed by atoms with Crippen LogP contribution in [0.5, 0.6) is 0 Å². The summed E-state index contributed by atoms with van der Waals surface area (Å²) >= 11 is 6.50. The molecule has 130 valence electrons. The summed E-state index contributed by atoms with van der Waals surface area (Å²) in [6.45, 7) is 6.36. The van der Waals surface area contributed by atoms with Crippen LogP contribution < -0.4 is 10.9 Å². The van der Waals surface area contributed by atoms with E-state index in [0.717, 1.165) is 0 Å². The molecule has 0 saturated carbocycles. The molecule has 2 aromatic heterocycles. The second-order valence-corrected chi connectivity index (χ2v) is 7.46. The number of carbonyl (C=O) groups excluding carboxylic acids is 1. The van der Waals surface area contributed by atoms with E-state index in [9.17, 15) is 9.59 Å². The first-order valence-electron chi connectivity index (χ1n) is 7.96. The number of pyridine rings is 1. The molecule has 8 heteroatoms. The molecule has 2 aromatic rings. The number of amides is 1. The van der Waals surface area contributed by atoms with Gasteiger partial charge in [-0.15, -0.1) is 0 Å². The summed E-state index contributed by atoms with van der Waals surface area (Å²) in [5.74, 6) is 0.290. The van der Waals surface area contributed by atoms with Crippen molar-refractivity contribution in [3.63, 3.8) is 0 Å². The third kappa shape index (κ3) is 3.19. The highest BCUT2D eigenvalue weighted by atomic mass is 32.2. The van der Waals surface area contributed by atoms with Crippen molar-refractivity contribution in [3.05, 3.63) is 45.2 Å². The van der Waals surface area contributed by atoms with Crippen LogP contribution in [0, 0.1) is 0 Å². The second kappa shape index (κ2) is 6.97. The average molecular weight is 374 g/mol. The van der Waals surface area contributed by atoms with Gasteiger partial charge in [-0.1, -0.05) is 30.0 Å². The van der Waals surface area contributed by atoms with E-state index < -0.39 is 0 Å². The fraction of sp³-hybridized carbons (Fsp3) is 0.294. The molecule has 3 rings (SSSR count). The normalized spacial score (nSPS) is 16.5. The van der Waals surface area contributed by atoms with Crippen LogP contribution in [-0.2, 0) is 4.79 Å². The zero-order valence-corrected chi connectivity index (χ0v) is 15.8. The van der Waals surface area contributed by atoms with Gasteiger partial charge in [-0.2, -0.15) is 0 Å². The number of hydrogen-bond acceptors (Lipinski definition) is 6. The molecule has 0 radical (unpaired) electrons. The summed E-state index contributed by atoms with van der Waals surface area (Å²) in [5, 5.41) is 3.11. The Balaban J connectivity index is 2.17. The Hall–Kier alpha value is -2.19. The van der Waals surface area contributed by atoms with Gasteiger partial charge in [0.25, 0.3) is 11.5 Å². The van der Waals surface area contributed by atoms with Gasteiger partial charge in [0.15, 0.2) is 0 Å². The van der Waals surface area contributed by atoms with Crippen LogP contribution in [0.1, 0.15) is 26.3 Å². The van der Waals surface area contributed by atoms with Gasteiger partial charge in [-0.3, -0.25) is 18.9 Å². The van der Waals surface area contributed by atoms with E-state index in [1.54, 1.807) is 29.3 Å². The highest BCUT2D eigenvalue weighted by molar-refractivity contribution is 8.26. The van der Waals surface area contributed by atoms with Crippen molar-refractivity contribution in [3.8, 4) is 0 Å². The minimum atomic E-state index is -0.226. The Bertz CT molecular complexity index is 949. The lowest BCUT2D eigenvalue weighted by Crippen LogP contribution is -2.34. The topological polar surface area (TPSA) is 66.7 Å². The first-order valence-corrected chi connectivity index (χ1v) is 9.18. The third-order valence-electron chi connectivity index (χ3n) is 3.73. The molecule has 1 N–H and O–H groups in total. The SMILES string of the molecule is CCNc1nc2ccccn2c(=O)c1/C=C1/SC(=S)N(C(C)C)C1=O. The van der Waals surface area contributed by atoms with Gasteiger partial charge in [-0.25, -0.2) is 4.98 Å². The minimum absolute atomic E-state index is 0.0255. The molecular formula is C17H18N4O2S2. The summed E-state index contributed by atoms with van der Waals surface area (Å²) in [5.41, 5.74) is 0.682. The Kier molecular flexibility index (Phi) is 4.91. The Morgan fingerprint density at radius 1 is 1.36 bits per heavy atom. The lowest BCUT2D eigenvalue weighted by Gasteiger charge is -2.18. The third-order valence-corrected chi connectivity index (χ3v) is 5.06. The molecule has 1 aliphatic rings. The van der Waals surface area contributed by atoms with Crippen molar-refractivity contribution in [2.75, 3.05) is 11.9 Å². The molecular weight excluding hydrogens is 356 g/mol. The maximum Gasteiger partial charge on any atom is 0.267 e. The number of nitrogens with zero attached hydrogens (tertiary/aromatic N) is 3. The van der Waals surface area contributed by atoms with E-state index in [-0.39, 0.29) is 17.5 Å². The zero-order valence-electron chi connectivity index (χ0n) is 14.1. The van der Waals surface area contributed by atoms with Gasteiger partial charge in [0.1, 0.15) is 15.8 Å². The first-order chi connectivity index (χ1) is 11.9. The number of fused-ring (bicyclic) bond motifs is 1. The smallest absolute Gasteiger partial charge is 0.267 e. The lowest BCUT2D eigenvalue weighted by atomic mass is 10.2. The fourth-order valence-corrected chi connectivity index (χ4v) is 4.10. The molecule has 0 unspecified atom stereocenters. The second-order valence-electron chi connectivity index (χ2n) is 5.78. The first kappa shape index (κ1) is 17.6. The maximum atomic E-state index is 12.9. The van der Waals surface area contributed by atoms with Crippen molar-refractivity contribution in [2.24, 2.45) is 0 Å². The van der Waals surface area contributed by atoms with E-state index in [0.29, 0.717) is 32.8 Å². The van der Waals surface area contributed by atoms with E-state index in [1.807, 2.05) is 26.8 Å². The summed E-state index contributed by atoms with van der Waals surface area (Å²) < 4.78 is 1.97. The number of rotatable bonds is 4. The molecule has 0 spiro atoms. The van der Waals surface area contributed by atoms with E-state index >= 15 is 0 Å². The molecule has 1 saturated heterocycles. The van der Waals surface area contributed by atoms with Crippen molar-refractivity contribution < 1.29 is 4.79 Å². The molecule has 1 fully saturated rings. The number of aromatic nitrogens is 2. The quantitative estimate of drug-likeness (QED) is 0.656. The average Bonchev–Trinajstić information content (AvgIpc) is 2.85. The van der Waals surface area contributed by atoms with E-state index in [1.165, 1.54) is 16.2 Å². The van der Waals surface area contributed by atoms with Crippen LogP contribution in [0.15, 0.2) is 34.1 Å². The lowest BCUT2D eigenvalue weighted by molar-refractivity contribution is -0.123. The van der Waals surface area contributed by atoms with Gasteiger partial charge in [0, 0.05) is 18.8 Å². The van der Waals surface area contributed by atoms with E-state index in [2.05, 4.69) is 10.3 Å². The Morgan fingerprint density at radius 2 is 2.12 bits per heavy atom. The molecule has 6 nitrogen and oxygen atoms in total. The van der Waals surface area contributed by atoms with Crippen LogP contribution in [0.3, 0.4) is 0 Å². The number of carbonyl (C=O) groups is 1. The summed E-state index contributed by atoms with van der Waals surface area (Å²) in [6.07, 6.45) is 3.26. The maximum absolute atomic E-state index is 12.9. The van der Waals surface area contributed by atoms with Gasteiger partial charge in [0.2, 0.25) is 0 Å². The van der Waals surface area contributed by atoms with Gasteiger partial charge < -0.3 is 5.32 Å². The number of thioether (sulfide) groups is 1. The molecule has 0 aliphatic carbocycles. The predicted molar refractivity (Wildman–Crippen MR) is 106 cm³/mol. The summed E-state index contributed by atoms with van der Waals surface area (Å²) in [4.78, 5) is 32.0. The van der Waals surface area contributed by atoms with Gasteiger partial charge in [0.05, 0.1) is 10.5 Å². The largest absolute Gasteiger partial charge is 0.370 e. The minimum Gasteiger partial charge on any atom is -0.370 e. The summed E-state index contributed by atoms with van der Waals surface area (Å²) in [6, 6.07) is 5.34. The van der Waals surface area contributed by atoms with Crippen LogP contribution >= 0.6 is 24.0 Å². The van der Waals surface area contributed by atoms with Crippen molar-refractivity contribution >= 4 is 51.7 Å². The standard InChI is InChI=1S/C17H18N4O2S2/c1-4-18-14-11(15(22)20-8-6-5-7-13(20)19-14)9-12-16(23)21(10(2)3)17(24)25-12/h5-10,18H,4H2,1-3H3/b12-9+. The number of thiocarbonyl (C=S) groups is 1. The highest BCUT2D eigenvalue weighted by Crippen LogP contribution is 2.34. The van der Waals surface area contributed by atoms with E-state index in [4.69, 9.17) is 12.2 Å². The Labute approximate surface area is 154 Å². The number of nitrogens with one attached hydrogen (secondary N) is 1. The molecule has 1 amide bonds. The predicted octanol–water partition coefficient (Wildman–Crippen LogP) is 2.74. The van der Waals surface area contributed by atoms with Crippen LogP contribution in [0.4, 0.5) is 5.82 Å². The van der Waals surface area contributed by atoms with Gasteiger partial charge in [-0.05, 0) is 39.0 Å². The Morgan fingerprint density at radius 3 is 2.76 bits per heavy atom. The monoisotopic (exact) mass is 374 g/mol. The van der Waals surface area contributed by atoms with Crippen molar-refractivity contribution in [2.45, 2.75) is 26.8 Å². The van der Waals surface area contributed by atoms with Gasteiger partial charge >= 0.3 is 0 Å². The molecule has 0 bridgehead atoms. The van der Waals surface area contributed by atoms with Crippen molar-refractivity contribution in [1.82, 2.24) is 14.3 Å². The summed E-state index contributed by atoms with van der Waals surface area (Å²) in [7, 11) is 0.